The minimum atomic E-state index is -0.308. The van der Waals surface area contributed by atoms with E-state index in [1.165, 1.54) is 10.8 Å². The molecule has 1 fully saturated rings. The molecule has 2 aromatic carbocycles. The summed E-state index contributed by atoms with van der Waals surface area (Å²) >= 11 is 0. The van der Waals surface area contributed by atoms with Crippen LogP contribution in [0.1, 0.15) is 31.4 Å². The zero-order valence-electron chi connectivity index (χ0n) is 9.48. The van der Waals surface area contributed by atoms with Crippen molar-refractivity contribution in [2.45, 2.75) is 25.9 Å². The largest absolute Gasteiger partial charge is 0.388 e. The standard InChI is InChI=1S/C15H16O/c1-15(8-9-15)14(16)13-7-6-11-4-2-3-5-12(11)10-13/h2-7,10,14,16H,8-9H2,1H3. The predicted molar refractivity (Wildman–Crippen MR) is 66.2 cm³/mol. The fourth-order valence-corrected chi connectivity index (χ4v) is 2.25. The quantitative estimate of drug-likeness (QED) is 0.805. The predicted octanol–water partition coefficient (Wildman–Crippen LogP) is 3.67. The van der Waals surface area contributed by atoms with E-state index in [2.05, 4.69) is 37.3 Å². The van der Waals surface area contributed by atoms with E-state index in [1.54, 1.807) is 0 Å². The molecule has 0 aromatic heterocycles. The normalized spacial score (nSPS) is 19.6. The number of aliphatic hydroxyl groups excluding tert-OH is 1. The molecule has 1 atom stereocenters. The maximum atomic E-state index is 10.3. The van der Waals surface area contributed by atoms with Gasteiger partial charge < -0.3 is 5.11 Å². The van der Waals surface area contributed by atoms with Crippen molar-refractivity contribution >= 4 is 10.8 Å². The minimum Gasteiger partial charge on any atom is -0.388 e. The molecule has 82 valence electrons. The van der Waals surface area contributed by atoms with Gasteiger partial charge in [0, 0.05) is 0 Å². The molecule has 1 aliphatic rings. The number of benzene rings is 2. The maximum Gasteiger partial charge on any atom is 0.0843 e. The van der Waals surface area contributed by atoms with Gasteiger partial charge >= 0.3 is 0 Å². The third kappa shape index (κ3) is 1.52. The zero-order chi connectivity index (χ0) is 11.2. The summed E-state index contributed by atoms with van der Waals surface area (Å²) in [6.07, 6.45) is 1.97. The van der Waals surface area contributed by atoms with Crippen LogP contribution in [0.5, 0.6) is 0 Å². The molecule has 0 aliphatic heterocycles. The van der Waals surface area contributed by atoms with E-state index >= 15 is 0 Å². The van der Waals surface area contributed by atoms with Crippen molar-refractivity contribution in [2.75, 3.05) is 0 Å². The van der Waals surface area contributed by atoms with Crippen LogP contribution in [0.15, 0.2) is 42.5 Å². The van der Waals surface area contributed by atoms with Crippen LogP contribution in [-0.2, 0) is 0 Å². The van der Waals surface area contributed by atoms with Crippen molar-refractivity contribution in [3.63, 3.8) is 0 Å². The average molecular weight is 212 g/mol. The number of hydrogen-bond acceptors (Lipinski definition) is 1. The molecule has 1 saturated carbocycles. The van der Waals surface area contributed by atoms with Crippen LogP contribution in [-0.4, -0.2) is 5.11 Å². The van der Waals surface area contributed by atoms with E-state index in [0.717, 1.165) is 18.4 Å². The first-order chi connectivity index (χ1) is 7.69. The molecule has 1 unspecified atom stereocenters. The van der Waals surface area contributed by atoms with E-state index in [9.17, 15) is 5.11 Å². The van der Waals surface area contributed by atoms with Gasteiger partial charge in [-0.3, -0.25) is 0 Å². The van der Waals surface area contributed by atoms with Gasteiger partial charge in [0.25, 0.3) is 0 Å². The Balaban J connectivity index is 2.05. The van der Waals surface area contributed by atoms with E-state index in [-0.39, 0.29) is 11.5 Å². The second-order valence-corrected chi connectivity index (χ2v) is 5.16. The summed E-state index contributed by atoms with van der Waals surface area (Å²) in [5, 5.41) is 12.7. The third-order valence-electron chi connectivity index (χ3n) is 3.79. The molecule has 0 radical (unpaired) electrons. The van der Waals surface area contributed by atoms with Crippen molar-refractivity contribution in [1.29, 1.82) is 0 Å². The Morgan fingerprint density at radius 2 is 1.75 bits per heavy atom. The van der Waals surface area contributed by atoms with Crippen LogP contribution >= 0.6 is 0 Å². The highest BCUT2D eigenvalue weighted by Crippen LogP contribution is 2.54. The van der Waals surface area contributed by atoms with E-state index < -0.39 is 0 Å². The van der Waals surface area contributed by atoms with Gasteiger partial charge in [0.15, 0.2) is 0 Å². The molecule has 1 N–H and O–H groups in total. The third-order valence-corrected chi connectivity index (χ3v) is 3.79. The molecule has 0 heterocycles. The lowest BCUT2D eigenvalue weighted by Gasteiger charge is -2.18. The van der Waals surface area contributed by atoms with Crippen LogP contribution < -0.4 is 0 Å². The van der Waals surface area contributed by atoms with Gasteiger partial charge in [0.05, 0.1) is 6.10 Å². The van der Waals surface area contributed by atoms with Gasteiger partial charge in [0.1, 0.15) is 0 Å². The molecule has 1 aliphatic carbocycles. The molecule has 0 saturated heterocycles. The molecule has 16 heavy (non-hydrogen) atoms. The second kappa shape index (κ2) is 3.33. The highest BCUT2D eigenvalue weighted by molar-refractivity contribution is 5.83. The van der Waals surface area contributed by atoms with Crippen molar-refractivity contribution < 1.29 is 5.11 Å². The summed E-state index contributed by atoms with van der Waals surface area (Å²) in [6.45, 7) is 2.16. The Bertz CT molecular complexity index is 526. The van der Waals surface area contributed by atoms with Crippen LogP contribution in [0.2, 0.25) is 0 Å². The van der Waals surface area contributed by atoms with Gasteiger partial charge in [-0.05, 0) is 40.7 Å². The lowest BCUT2D eigenvalue weighted by molar-refractivity contribution is 0.104. The monoisotopic (exact) mass is 212 g/mol. The lowest BCUT2D eigenvalue weighted by atomic mass is 9.93. The van der Waals surface area contributed by atoms with E-state index in [4.69, 9.17) is 0 Å². The maximum absolute atomic E-state index is 10.3. The highest BCUT2D eigenvalue weighted by atomic mass is 16.3. The van der Waals surface area contributed by atoms with E-state index in [0.29, 0.717) is 0 Å². The average Bonchev–Trinajstić information content (AvgIpc) is 3.07. The highest BCUT2D eigenvalue weighted by Gasteiger charge is 2.44. The summed E-state index contributed by atoms with van der Waals surface area (Å²) in [5.41, 5.74) is 1.18. The molecule has 1 heteroatoms. The smallest absolute Gasteiger partial charge is 0.0843 e. The summed E-state index contributed by atoms with van der Waals surface area (Å²) in [4.78, 5) is 0. The Kier molecular flexibility index (Phi) is 2.05. The first kappa shape index (κ1) is 9.86. The first-order valence-corrected chi connectivity index (χ1v) is 5.86. The van der Waals surface area contributed by atoms with Crippen molar-refractivity contribution in [2.24, 2.45) is 5.41 Å². The SMILES string of the molecule is CC1(C(O)c2ccc3ccccc3c2)CC1. The number of fused-ring (bicyclic) bond motifs is 1. The van der Waals surface area contributed by atoms with Crippen molar-refractivity contribution in [3.05, 3.63) is 48.0 Å². The molecule has 0 bridgehead atoms. The Morgan fingerprint density at radius 3 is 2.44 bits per heavy atom. The number of rotatable bonds is 2. The Morgan fingerprint density at radius 1 is 1.06 bits per heavy atom. The molecule has 0 amide bonds. The van der Waals surface area contributed by atoms with Gasteiger partial charge in [-0.15, -0.1) is 0 Å². The van der Waals surface area contributed by atoms with Crippen LogP contribution in [0.4, 0.5) is 0 Å². The lowest BCUT2D eigenvalue weighted by Crippen LogP contribution is -2.09. The van der Waals surface area contributed by atoms with Gasteiger partial charge in [-0.2, -0.15) is 0 Å². The van der Waals surface area contributed by atoms with Crippen molar-refractivity contribution in [1.82, 2.24) is 0 Å². The zero-order valence-corrected chi connectivity index (χ0v) is 9.48. The summed E-state index contributed by atoms with van der Waals surface area (Å²) in [5.74, 6) is 0. The Hall–Kier alpha value is -1.34. The van der Waals surface area contributed by atoms with Gasteiger partial charge in [0.2, 0.25) is 0 Å². The molecule has 2 aromatic rings. The molecular formula is C15H16O. The number of hydrogen-bond donors (Lipinski definition) is 1. The fourth-order valence-electron chi connectivity index (χ4n) is 2.25. The van der Waals surface area contributed by atoms with Gasteiger partial charge in [-0.25, -0.2) is 0 Å². The summed E-state index contributed by atoms with van der Waals surface area (Å²) in [6, 6.07) is 14.5. The van der Waals surface area contributed by atoms with Crippen LogP contribution in [0.25, 0.3) is 10.8 Å². The summed E-state index contributed by atoms with van der Waals surface area (Å²) in [7, 11) is 0. The van der Waals surface area contributed by atoms with Gasteiger partial charge in [-0.1, -0.05) is 43.3 Å². The fraction of sp³-hybridized carbons (Fsp3) is 0.333. The molecule has 0 spiro atoms. The molecular weight excluding hydrogens is 196 g/mol. The summed E-state index contributed by atoms with van der Waals surface area (Å²) < 4.78 is 0. The number of aliphatic hydroxyl groups is 1. The van der Waals surface area contributed by atoms with Crippen LogP contribution in [0, 0.1) is 5.41 Å². The first-order valence-electron chi connectivity index (χ1n) is 5.86. The molecule has 1 nitrogen and oxygen atoms in total. The van der Waals surface area contributed by atoms with Crippen LogP contribution in [0.3, 0.4) is 0 Å². The molecule has 3 rings (SSSR count). The van der Waals surface area contributed by atoms with Crippen molar-refractivity contribution in [3.8, 4) is 0 Å². The minimum absolute atomic E-state index is 0.127. The second-order valence-electron chi connectivity index (χ2n) is 5.16. The Labute approximate surface area is 95.7 Å². The van der Waals surface area contributed by atoms with E-state index in [1.807, 2.05) is 12.1 Å². The topological polar surface area (TPSA) is 20.2 Å².